The van der Waals surface area contributed by atoms with E-state index in [1.165, 1.54) is 17.8 Å². The van der Waals surface area contributed by atoms with E-state index in [0.29, 0.717) is 22.3 Å². The molecule has 3 unspecified atom stereocenters. The smallest absolute Gasteiger partial charge is 0.147 e. The van der Waals surface area contributed by atoms with Gasteiger partial charge in [-0.25, -0.2) is 8.42 Å². The summed E-state index contributed by atoms with van der Waals surface area (Å²) in [6.45, 7) is 5.37. The summed E-state index contributed by atoms with van der Waals surface area (Å²) in [5.74, 6) is 2.77. The van der Waals surface area contributed by atoms with E-state index in [4.69, 9.17) is 0 Å². The first-order chi connectivity index (χ1) is 8.44. The molecule has 18 heavy (non-hydrogen) atoms. The zero-order valence-electron chi connectivity index (χ0n) is 11.5. The summed E-state index contributed by atoms with van der Waals surface area (Å²) in [6.07, 6.45) is 3.05. The van der Waals surface area contributed by atoms with Crippen LogP contribution in [0.2, 0.25) is 0 Å². The van der Waals surface area contributed by atoms with Crippen molar-refractivity contribution in [2.45, 2.75) is 43.2 Å². The molecule has 1 heterocycles. The molecule has 0 saturated carbocycles. The Kier molecular flexibility index (Phi) is 7.43. The van der Waals surface area contributed by atoms with Gasteiger partial charge in [0.2, 0.25) is 0 Å². The van der Waals surface area contributed by atoms with E-state index in [0.717, 1.165) is 19.4 Å². The highest BCUT2D eigenvalue weighted by Crippen LogP contribution is 2.34. The maximum Gasteiger partial charge on any atom is 0.147 e. The van der Waals surface area contributed by atoms with Crippen molar-refractivity contribution in [1.82, 2.24) is 5.32 Å². The third-order valence-corrected chi connectivity index (χ3v) is 7.41. The number of hydrogen-bond acceptors (Lipinski definition) is 5. The van der Waals surface area contributed by atoms with Crippen molar-refractivity contribution in [1.29, 1.82) is 0 Å². The van der Waals surface area contributed by atoms with E-state index < -0.39 is 9.84 Å². The summed E-state index contributed by atoms with van der Waals surface area (Å²) >= 11 is 4.08. The van der Waals surface area contributed by atoms with Crippen LogP contribution in [0.15, 0.2) is 0 Å². The van der Waals surface area contributed by atoms with Crippen LogP contribution in [0.3, 0.4) is 0 Å². The highest BCUT2D eigenvalue weighted by Gasteiger charge is 2.29. The van der Waals surface area contributed by atoms with Crippen molar-refractivity contribution in [3.8, 4) is 0 Å². The van der Waals surface area contributed by atoms with Crippen molar-refractivity contribution < 1.29 is 8.42 Å². The Labute approximate surface area is 120 Å². The molecule has 0 bridgehead atoms. The van der Waals surface area contributed by atoms with E-state index in [1.807, 2.05) is 23.5 Å². The first-order valence-electron chi connectivity index (χ1n) is 6.58. The SMILES string of the molecule is CCNC(CCCS(C)(=O)=O)C1SCCSC1C. The zero-order chi connectivity index (χ0) is 13.6. The van der Waals surface area contributed by atoms with Crippen molar-refractivity contribution in [2.75, 3.05) is 30.1 Å². The highest BCUT2D eigenvalue weighted by atomic mass is 32.2. The first kappa shape index (κ1) is 16.7. The van der Waals surface area contributed by atoms with Gasteiger partial charge in [0.05, 0.1) is 0 Å². The maximum atomic E-state index is 11.2. The topological polar surface area (TPSA) is 46.2 Å². The third-order valence-electron chi connectivity index (χ3n) is 3.13. The molecular weight excluding hydrogens is 286 g/mol. The Balaban J connectivity index is 2.47. The summed E-state index contributed by atoms with van der Waals surface area (Å²) in [4.78, 5) is 0. The second kappa shape index (κ2) is 8.02. The molecule has 0 spiro atoms. The highest BCUT2D eigenvalue weighted by molar-refractivity contribution is 8.07. The minimum Gasteiger partial charge on any atom is -0.313 e. The Bertz CT molecular complexity index is 332. The number of sulfone groups is 1. The van der Waals surface area contributed by atoms with Gasteiger partial charge in [0.15, 0.2) is 0 Å². The molecule has 0 aromatic rings. The van der Waals surface area contributed by atoms with Gasteiger partial charge in [-0.05, 0) is 19.4 Å². The predicted molar refractivity (Wildman–Crippen MR) is 84.6 cm³/mol. The molecule has 0 aliphatic carbocycles. The van der Waals surface area contributed by atoms with E-state index >= 15 is 0 Å². The number of thioether (sulfide) groups is 2. The molecule has 0 amide bonds. The second-order valence-electron chi connectivity index (χ2n) is 4.85. The predicted octanol–water partition coefficient (Wildman–Crippen LogP) is 2.03. The van der Waals surface area contributed by atoms with Gasteiger partial charge < -0.3 is 5.32 Å². The van der Waals surface area contributed by atoms with Gasteiger partial charge >= 0.3 is 0 Å². The normalized spacial score (nSPS) is 27.1. The van der Waals surface area contributed by atoms with Crippen LogP contribution in [0.5, 0.6) is 0 Å². The third kappa shape index (κ3) is 6.17. The van der Waals surface area contributed by atoms with E-state index in [1.54, 1.807) is 0 Å². The van der Waals surface area contributed by atoms with Crippen LogP contribution in [0.25, 0.3) is 0 Å². The van der Waals surface area contributed by atoms with Crippen LogP contribution in [0.4, 0.5) is 0 Å². The van der Waals surface area contributed by atoms with Crippen LogP contribution < -0.4 is 5.32 Å². The van der Waals surface area contributed by atoms with Gasteiger partial charge in [0.25, 0.3) is 0 Å². The lowest BCUT2D eigenvalue weighted by Crippen LogP contribution is -2.44. The lowest BCUT2D eigenvalue weighted by atomic mass is 10.1. The molecule has 108 valence electrons. The summed E-state index contributed by atoms with van der Waals surface area (Å²) in [5, 5.41) is 4.81. The molecule has 1 rings (SSSR count). The molecule has 1 fully saturated rings. The van der Waals surface area contributed by atoms with Gasteiger partial charge in [-0.2, -0.15) is 23.5 Å². The number of nitrogens with one attached hydrogen (secondary N) is 1. The van der Waals surface area contributed by atoms with Gasteiger partial charge in [-0.15, -0.1) is 0 Å². The summed E-state index contributed by atoms with van der Waals surface area (Å²) in [7, 11) is -2.82. The molecule has 0 aromatic heterocycles. The summed E-state index contributed by atoms with van der Waals surface area (Å²) in [6, 6.07) is 0.449. The second-order valence-corrected chi connectivity index (χ2v) is 9.88. The van der Waals surface area contributed by atoms with Crippen LogP contribution in [0, 0.1) is 0 Å². The van der Waals surface area contributed by atoms with Crippen molar-refractivity contribution in [3.63, 3.8) is 0 Å². The Morgan fingerprint density at radius 2 is 2.00 bits per heavy atom. The standard InChI is InChI=1S/C12H25NO2S3/c1-4-13-11(6-5-9-18(3,14)15)12-10(2)16-7-8-17-12/h10-13H,4-9H2,1-3H3. The van der Waals surface area contributed by atoms with Crippen LogP contribution in [0.1, 0.15) is 26.7 Å². The number of rotatable bonds is 7. The fraction of sp³-hybridized carbons (Fsp3) is 1.00. The van der Waals surface area contributed by atoms with Gasteiger partial charge in [0, 0.05) is 40.1 Å². The fourth-order valence-electron chi connectivity index (χ4n) is 2.30. The van der Waals surface area contributed by atoms with Crippen molar-refractivity contribution in [3.05, 3.63) is 0 Å². The van der Waals surface area contributed by atoms with Crippen LogP contribution in [-0.2, 0) is 9.84 Å². The summed E-state index contributed by atoms with van der Waals surface area (Å²) < 4.78 is 22.4. The average Bonchev–Trinajstić information content (AvgIpc) is 2.27. The van der Waals surface area contributed by atoms with Gasteiger partial charge in [-0.3, -0.25) is 0 Å². The molecule has 3 nitrogen and oxygen atoms in total. The average molecular weight is 312 g/mol. The van der Waals surface area contributed by atoms with Crippen molar-refractivity contribution in [2.24, 2.45) is 0 Å². The lowest BCUT2D eigenvalue weighted by Gasteiger charge is -2.35. The zero-order valence-corrected chi connectivity index (χ0v) is 14.0. The quantitative estimate of drug-likeness (QED) is 0.779. The molecule has 1 aliphatic rings. The van der Waals surface area contributed by atoms with E-state index in [9.17, 15) is 8.42 Å². The molecule has 0 aromatic carbocycles. The first-order valence-corrected chi connectivity index (χ1v) is 10.7. The van der Waals surface area contributed by atoms with Crippen LogP contribution >= 0.6 is 23.5 Å². The Morgan fingerprint density at radius 3 is 2.56 bits per heavy atom. The minimum atomic E-state index is -2.82. The largest absolute Gasteiger partial charge is 0.313 e. The molecule has 1 saturated heterocycles. The van der Waals surface area contributed by atoms with E-state index in [-0.39, 0.29) is 0 Å². The lowest BCUT2D eigenvalue weighted by molar-refractivity contribution is 0.468. The Morgan fingerprint density at radius 1 is 1.33 bits per heavy atom. The monoisotopic (exact) mass is 311 g/mol. The van der Waals surface area contributed by atoms with Gasteiger partial charge in [-0.1, -0.05) is 13.8 Å². The maximum absolute atomic E-state index is 11.2. The molecule has 1 aliphatic heterocycles. The fourth-order valence-corrected chi connectivity index (χ4v) is 5.99. The molecular formula is C12H25NO2S3. The molecule has 3 atom stereocenters. The van der Waals surface area contributed by atoms with Gasteiger partial charge in [0.1, 0.15) is 9.84 Å². The minimum absolute atomic E-state index is 0.313. The molecule has 6 heteroatoms. The van der Waals surface area contributed by atoms with Crippen LogP contribution in [-0.4, -0.2) is 55.0 Å². The molecule has 0 radical (unpaired) electrons. The number of hydrogen-bond donors (Lipinski definition) is 1. The summed E-state index contributed by atoms with van der Waals surface area (Å²) in [5.41, 5.74) is 0. The van der Waals surface area contributed by atoms with E-state index in [2.05, 4.69) is 19.2 Å². The Hall–Kier alpha value is 0.610. The van der Waals surface area contributed by atoms with Crippen molar-refractivity contribution >= 4 is 33.4 Å². The molecule has 1 N–H and O–H groups in total.